The van der Waals surface area contributed by atoms with Gasteiger partial charge in [-0.15, -0.1) is 0 Å². The van der Waals surface area contributed by atoms with Crippen LogP contribution in [-0.4, -0.2) is 9.78 Å². The Morgan fingerprint density at radius 3 is 2.56 bits per heavy atom. The molecule has 6 heteroatoms. The van der Waals surface area contributed by atoms with Crippen LogP contribution in [0.2, 0.25) is 0 Å². The van der Waals surface area contributed by atoms with E-state index in [1.807, 2.05) is 0 Å². The number of rotatable bonds is 2. The number of nitrogens with one attached hydrogen (secondary N) is 1. The normalized spacial score (nSPS) is 10.5. The van der Waals surface area contributed by atoms with Crippen molar-refractivity contribution >= 4 is 11.4 Å². The molecule has 2 rings (SSSR count). The highest BCUT2D eigenvalue weighted by molar-refractivity contribution is 5.58. The molecule has 0 radical (unpaired) electrons. The summed E-state index contributed by atoms with van der Waals surface area (Å²) in [5, 5.41) is 6.44. The van der Waals surface area contributed by atoms with Gasteiger partial charge in [-0.05, 0) is 12.1 Å². The van der Waals surface area contributed by atoms with Crippen LogP contribution < -0.4 is 5.32 Å². The van der Waals surface area contributed by atoms with Gasteiger partial charge in [0.15, 0.2) is 17.5 Å². The Hall–Kier alpha value is -1.98. The first-order chi connectivity index (χ1) is 7.58. The smallest absolute Gasteiger partial charge is 0.196 e. The average molecular weight is 227 g/mol. The van der Waals surface area contributed by atoms with E-state index < -0.39 is 17.5 Å². The Morgan fingerprint density at radius 2 is 1.94 bits per heavy atom. The second kappa shape index (κ2) is 3.88. The predicted molar refractivity (Wildman–Crippen MR) is 52.8 cm³/mol. The lowest BCUT2D eigenvalue weighted by atomic mass is 10.2. The van der Waals surface area contributed by atoms with Gasteiger partial charge < -0.3 is 5.32 Å². The van der Waals surface area contributed by atoms with Crippen molar-refractivity contribution in [3.63, 3.8) is 0 Å². The lowest BCUT2D eigenvalue weighted by Crippen LogP contribution is -1.98. The quantitative estimate of drug-likeness (QED) is 0.799. The minimum absolute atomic E-state index is 0.132. The van der Waals surface area contributed by atoms with Gasteiger partial charge >= 0.3 is 0 Å². The first kappa shape index (κ1) is 10.5. The van der Waals surface area contributed by atoms with E-state index in [1.54, 1.807) is 13.2 Å². The molecule has 1 aromatic heterocycles. The Morgan fingerprint density at radius 1 is 1.19 bits per heavy atom. The van der Waals surface area contributed by atoms with Crippen molar-refractivity contribution in [2.24, 2.45) is 7.05 Å². The van der Waals surface area contributed by atoms with Crippen molar-refractivity contribution < 1.29 is 13.2 Å². The fourth-order valence-electron chi connectivity index (χ4n) is 1.26. The summed E-state index contributed by atoms with van der Waals surface area (Å²) < 4.78 is 40.3. The van der Waals surface area contributed by atoms with Crippen LogP contribution in [0, 0.1) is 17.5 Å². The van der Waals surface area contributed by atoms with Gasteiger partial charge in [-0.1, -0.05) is 0 Å². The second-order valence-electron chi connectivity index (χ2n) is 3.25. The van der Waals surface area contributed by atoms with Crippen molar-refractivity contribution in [1.82, 2.24) is 9.78 Å². The summed E-state index contributed by atoms with van der Waals surface area (Å²) in [6.45, 7) is 0. The van der Waals surface area contributed by atoms with E-state index in [2.05, 4.69) is 10.4 Å². The maximum Gasteiger partial charge on any atom is 0.196 e. The number of hydrogen-bond acceptors (Lipinski definition) is 2. The highest BCUT2D eigenvalue weighted by atomic mass is 19.2. The summed E-state index contributed by atoms with van der Waals surface area (Å²) in [4.78, 5) is 0. The third kappa shape index (κ3) is 1.86. The number of anilines is 2. The Bertz CT molecular complexity index is 522. The third-order valence-corrected chi connectivity index (χ3v) is 2.02. The molecule has 0 fully saturated rings. The van der Waals surface area contributed by atoms with Gasteiger partial charge in [0.2, 0.25) is 0 Å². The van der Waals surface area contributed by atoms with Crippen molar-refractivity contribution in [1.29, 1.82) is 0 Å². The molecule has 0 unspecified atom stereocenters. The molecule has 0 bridgehead atoms. The van der Waals surface area contributed by atoms with E-state index in [0.717, 1.165) is 12.1 Å². The molecular weight excluding hydrogens is 219 g/mol. The first-order valence-electron chi connectivity index (χ1n) is 4.47. The number of aryl methyl sites for hydroxylation is 1. The van der Waals surface area contributed by atoms with Crippen molar-refractivity contribution in [3.05, 3.63) is 42.0 Å². The molecule has 1 heterocycles. The lowest BCUT2D eigenvalue weighted by Gasteiger charge is -2.05. The van der Waals surface area contributed by atoms with Crippen LogP contribution in [0.15, 0.2) is 24.5 Å². The highest BCUT2D eigenvalue weighted by Crippen LogP contribution is 2.22. The average Bonchev–Trinajstić information content (AvgIpc) is 2.65. The summed E-state index contributed by atoms with van der Waals surface area (Å²) in [5.74, 6) is -3.95. The van der Waals surface area contributed by atoms with Crippen LogP contribution >= 0.6 is 0 Å². The highest BCUT2D eigenvalue weighted by Gasteiger charge is 2.13. The van der Waals surface area contributed by atoms with E-state index in [4.69, 9.17) is 0 Å². The van der Waals surface area contributed by atoms with Crippen molar-refractivity contribution in [2.75, 3.05) is 5.32 Å². The SMILES string of the molecule is Cn1cc(Nc2ccc(F)c(F)c2F)cn1. The van der Waals surface area contributed by atoms with E-state index >= 15 is 0 Å². The molecule has 1 N–H and O–H groups in total. The van der Waals surface area contributed by atoms with Gasteiger partial charge in [0.05, 0.1) is 17.6 Å². The molecule has 1 aromatic carbocycles. The van der Waals surface area contributed by atoms with Crippen LogP contribution in [0.1, 0.15) is 0 Å². The minimum atomic E-state index is -1.49. The monoisotopic (exact) mass is 227 g/mol. The zero-order valence-corrected chi connectivity index (χ0v) is 8.34. The summed E-state index contributed by atoms with van der Waals surface area (Å²) in [6, 6.07) is 1.98. The minimum Gasteiger partial charge on any atom is -0.350 e. The van der Waals surface area contributed by atoms with Crippen molar-refractivity contribution in [2.45, 2.75) is 0 Å². The van der Waals surface area contributed by atoms with Gasteiger partial charge in [0, 0.05) is 13.2 Å². The molecule has 0 saturated carbocycles. The molecule has 0 aliphatic rings. The fourth-order valence-corrected chi connectivity index (χ4v) is 1.26. The first-order valence-corrected chi connectivity index (χ1v) is 4.47. The molecule has 3 nitrogen and oxygen atoms in total. The second-order valence-corrected chi connectivity index (χ2v) is 3.25. The molecule has 84 valence electrons. The Labute approximate surface area is 89.5 Å². The number of nitrogens with zero attached hydrogens (tertiary/aromatic N) is 2. The van der Waals surface area contributed by atoms with Gasteiger partial charge in [-0.2, -0.15) is 5.10 Å². The summed E-state index contributed by atoms with van der Waals surface area (Å²) in [6.07, 6.45) is 3.03. The summed E-state index contributed by atoms with van der Waals surface area (Å²) in [7, 11) is 1.69. The third-order valence-electron chi connectivity index (χ3n) is 2.02. The van der Waals surface area contributed by atoms with Gasteiger partial charge in [0.1, 0.15) is 0 Å². The van der Waals surface area contributed by atoms with Crippen LogP contribution in [0.25, 0.3) is 0 Å². The molecule has 0 spiro atoms. The largest absolute Gasteiger partial charge is 0.350 e. The molecule has 0 amide bonds. The number of benzene rings is 1. The standard InChI is InChI=1S/C10H8F3N3/c1-16-5-6(4-14-16)15-8-3-2-7(11)9(12)10(8)13/h2-5,15H,1H3. The maximum absolute atomic E-state index is 13.3. The predicted octanol–water partition coefficient (Wildman–Crippen LogP) is 2.58. The van der Waals surface area contributed by atoms with E-state index in [9.17, 15) is 13.2 Å². The van der Waals surface area contributed by atoms with Crippen LogP contribution in [-0.2, 0) is 7.05 Å². The van der Waals surface area contributed by atoms with E-state index in [0.29, 0.717) is 5.69 Å². The number of hydrogen-bond donors (Lipinski definition) is 1. The van der Waals surface area contributed by atoms with Gasteiger partial charge in [-0.3, -0.25) is 4.68 Å². The fraction of sp³-hybridized carbons (Fsp3) is 0.100. The number of halogens is 3. The maximum atomic E-state index is 13.3. The molecule has 0 aliphatic heterocycles. The zero-order valence-electron chi connectivity index (χ0n) is 8.34. The Kier molecular flexibility index (Phi) is 2.55. The molecule has 16 heavy (non-hydrogen) atoms. The van der Waals surface area contributed by atoms with Crippen LogP contribution in [0.4, 0.5) is 24.5 Å². The lowest BCUT2D eigenvalue weighted by molar-refractivity contribution is 0.449. The topological polar surface area (TPSA) is 29.9 Å². The number of aromatic nitrogens is 2. The molecule has 0 saturated heterocycles. The molecule has 0 aliphatic carbocycles. The molecule has 0 atom stereocenters. The Balaban J connectivity index is 2.32. The van der Waals surface area contributed by atoms with Gasteiger partial charge in [0.25, 0.3) is 0 Å². The summed E-state index contributed by atoms with van der Waals surface area (Å²) in [5.41, 5.74) is 0.360. The van der Waals surface area contributed by atoms with E-state index in [1.165, 1.54) is 10.9 Å². The van der Waals surface area contributed by atoms with E-state index in [-0.39, 0.29) is 5.69 Å². The van der Waals surface area contributed by atoms with Crippen LogP contribution in [0.5, 0.6) is 0 Å². The van der Waals surface area contributed by atoms with Gasteiger partial charge in [-0.25, -0.2) is 13.2 Å². The van der Waals surface area contributed by atoms with Crippen molar-refractivity contribution in [3.8, 4) is 0 Å². The molecular formula is C10H8F3N3. The summed E-state index contributed by atoms with van der Waals surface area (Å²) >= 11 is 0. The molecule has 2 aromatic rings. The zero-order chi connectivity index (χ0) is 11.7. The van der Waals surface area contributed by atoms with Crippen LogP contribution in [0.3, 0.4) is 0 Å².